The molecule has 0 spiro atoms. The van der Waals surface area contributed by atoms with Crippen LogP contribution in [0.3, 0.4) is 0 Å². The number of ketones is 1. The first-order valence-corrected chi connectivity index (χ1v) is 13.7. The summed E-state index contributed by atoms with van der Waals surface area (Å²) in [5, 5.41) is 0. The van der Waals surface area contributed by atoms with Gasteiger partial charge in [0.05, 0.1) is 0 Å². The fourth-order valence-electron chi connectivity index (χ4n) is 5.82. The zero-order chi connectivity index (χ0) is 24.5. The molecule has 35 heavy (non-hydrogen) atoms. The van der Waals surface area contributed by atoms with Gasteiger partial charge in [0.15, 0.2) is 5.78 Å². The molecular weight excluding hydrogens is 424 g/mol. The summed E-state index contributed by atoms with van der Waals surface area (Å²) in [6.07, 6.45) is 16.4. The van der Waals surface area contributed by atoms with E-state index in [1.54, 1.807) is 6.08 Å². The van der Waals surface area contributed by atoms with E-state index in [1.807, 2.05) is 36.4 Å². The first-order valence-electron chi connectivity index (χ1n) is 13.7. The van der Waals surface area contributed by atoms with E-state index in [0.717, 1.165) is 11.1 Å². The molecule has 0 radical (unpaired) electrons. The number of hydrogen-bond donors (Lipinski definition) is 0. The number of benzene rings is 3. The monoisotopic (exact) mass is 464 g/mol. The van der Waals surface area contributed by atoms with Crippen LogP contribution in [0.5, 0.6) is 0 Å². The Bertz CT molecular complexity index is 1130. The summed E-state index contributed by atoms with van der Waals surface area (Å²) in [5.41, 5.74) is 7.72. The molecule has 0 saturated carbocycles. The Hall–Kier alpha value is -2.93. The molecule has 1 nitrogen and oxygen atoms in total. The highest BCUT2D eigenvalue weighted by atomic mass is 16.1. The van der Waals surface area contributed by atoms with Gasteiger partial charge in [-0.3, -0.25) is 4.79 Å². The smallest absolute Gasteiger partial charge is 0.185 e. The third-order valence-corrected chi connectivity index (χ3v) is 7.69. The zero-order valence-electron chi connectivity index (χ0n) is 21.6. The molecule has 0 unspecified atom stereocenters. The van der Waals surface area contributed by atoms with Crippen LogP contribution in [-0.4, -0.2) is 5.78 Å². The van der Waals surface area contributed by atoms with E-state index in [4.69, 9.17) is 0 Å². The van der Waals surface area contributed by atoms with Crippen molar-refractivity contribution in [3.05, 3.63) is 101 Å². The second kappa shape index (κ2) is 12.2. The topological polar surface area (TPSA) is 17.1 Å². The van der Waals surface area contributed by atoms with Gasteiger partial charge in [-0.2, -0.15) is 0 Å². The minimum Gasteiger partial charge on any atom is -0.289 e. The van der Waals surface area contributed by atoms with Gasteiger partial charge in [0, 0.05) is 11.0 Å². The minimum atomic E-state index is 0.0554. The maximum atomic E-state index is 12.7. The number of rotatable bonds is 13. The van der Waals surface area contributed by atoms with Crippen LogP contribution in [0.15, 0.2) is 78.9 Å². The second-order valence-electron chi connectivity index (χ2n) is 10.1. The lowest BCUT2D eigenvalue weighted by Crippen LogP contribution is -2.25. The third-order valence-electron chi connectivity index (χ3n) is 7.69. The van der Waals surface area contributed by atoms with Gasteiger partial charge in [-0.05, 0) is 46.7 Å². The summed E-state index contributed by atoms with van der Waals surface area (Å²) in [6, 6.07) is 25.5. The first kappa shape index (κ1) is 25.2. The molecule has 0 heterocycles. The quantitative estimate of drug-likeness (QED) is 0.140. The van der Waals surface area contributed by atoms with Crippen LogP contribution in [0.4, 0.5) is 0 Å². The highest BCUT2D eigenvalue weighted by Gasteiger charge is 2.41. The lowest BCUT2D eigenvalue weighted by Gasteiger charge is -2.33. The zero-order valence-corrected chi connectivity index (χ0v) is 21.6. The molecule has 182 valence electrons. The average molecular weight is 465 g/mol. The average Bonchev–Trinajstić information content (AvgIpc) is 3.17. The van der Waals surface area contributed by atoms with Crippen LogP contribution < -0.4 is 0 Å². The van der Waals surface area contributed by atoms with Gasteiger partial charge >= 0.3 is 0 Å². The van der Waals surface area contributed by atoms with Crippen molar-refractivity contribution >= 4 is 11.9 Å². The third kappa shape index (κ3) is 5.67. The Labute approximate surface area is 212 Å². The molecule has 0 saturated heterocycles. The summed E-state index contributed by atoms with van der Waals surface area (Å²) >= 11 is 0. The normalized spacial score (nSPS) is 13.7. The molecule has 0 fully saturated rings. The van der Waals surface area contributed by atoms with Crippen molar-refractivity contribution in [1.29, 1.82) is 0 Å². The Morgan fingerprint density at radius 1 is 0.686 bits per heavy atom. The molecule has 0 aromatic heterocycles. The summed E-state index contributed by atoms with van der Waals surface area (Å²) in [6.45, 7) is 4.58. The number of unbranched alkanes of at least 4 members (excludes halogenated alkanes) is 6. The first-order chi connectivity index (χ1) is 17.2. The molecule has 3 aromatic rings. The largest absolute Gasteiger partial charge is 0.289 e. The molecule has 1 aliphatic rings. The van der Waals surface area contributed by atoms with Crippen molar-refractivity contribution < 1.29 is 4.79 Å². The van der Waals surface area contributed by atoms with Crippen molar-refractivity contribution in [2.24, 2.45) is 0 Å². The molecule has 1 heteroatoms. The van der Waals surface area contributed by atoms with Crippen LogP contribution in [0.25, 0.3) is 17.2 Å². The van der Waals surface area contributed by atoms with E-state index in [0.29, 0.717) is 0 Å². The van der Waals surface area contributed by atoms with E-state index in [9.17, 15) is 4.79 Å². The Morgan fingerprint density at radius 3 is 2.00 bits per heavy atom. The van der Waals surface area contributed by atoms with Gasteiger partial charge < -0.3 is 0 Å². The molecule has 3 aromatic carbocycles. The number of carbonyl (C=O) groups excluding carboxylic acids is 1. The predicted octanol–water partition coefficient (Wildman–Crippen LogP) is 9.79. The molecule has 0 bridgehead atoms. The fraction of sp³-hybridized carbons (Fsp3) is 0.382. The molecular formula is C34H40O. The minimum absolute atomic E-state index is 0.0554. The van der Waals surface area contributed by atoms with Crippen molar-refractivity contribution in [2.45, 2.75) is 83.5 Å². The molecule has 0 atom stereocenters. The van der Waals surface area contributed by atoms with E-state index in [1.165, 1.54) is 86.5 Å². The van der Waals surface area contributed by atoms with Gasteiger partial charge in [0.25, 0.3) is 0 Å². The maximum Gasteiger partial charge on any atom is 0.185 e. The van der Waals surface area contributed by atoms with E-state index in [-0.39, 0.29) is 11.2 Å². The number of carbonyl (C=O) groups is 1. The summed E-state index contributed by atoms with van der Waals surface area (Å²) in [7, 11) is 0. The maximum absolute atomic E-state index is 12.7. The van der Waals surface area contributed by atoms with E-state index < -0.39 is 0 Å². The van der Waals surface area contributed by atoms with Crippen LogP contribution in [0.2, 0.25) is 0 Å². The highest BCUT2D eigenvalue weighted by Crippen LogP contribution is 2.54. The molecule has 0 N–H and O–H groups in total. The number of fused-ring (bicyclic) bond motifs is 3. The summed E-state index contributed by atoms with van der Waals surface area (Å²) in [4.78, 5) is 12.7. The van der Waals surface area contributed by atoms with Crippen LogP contribution in [-0.2, 0) is 5.41 Å². The molecule has 0 aliphatic heterocycles. The molecule has 4 rings (SSSR count). The van der Waals surface area contributed by atoms with Crippen LogP contribution in [0, 0.1) is 0 Å². The Kier molecular flexibility index (Phi) is 8.74. The highest BCUT2D eigenvalue weighted by molar-refractivity contribution is 6.06. The van der Waals surface area contributed by atoms with Gasteiger partial charge in [-0.1, -0.05) is 144 Å². The van der Waals surface area contributed by atoms with Crippen molar-refractivity contribution in [1.82, 2.24) is 0 Å². The fourth-order valence-corrected chi connectivity index (χ4v) is 5.82. The van der Waals surface area contributed by atoms with Crippen molar-refractivity contribution in [3.8, 4) is 11.1 Å². The predicted molar refractivity (Wildman–Crippen MR) is 150 cm³/mol. The second-order valence-corrected chi connectivity index (χ2v) is 10.1. The Morgan fingerprint density at radius 2 is 1.31 bits per heavy atom. The van der Waals surface area contributed by atoms with E-state index in [2.05, 4.69) is 56.3 Å². The van der Waals surface area contributed by atoms with Crippen LogP contribution in [0.1, 0.15) is 105 Å². The van der Waals surface area contributed by atoms with Gasteiger partial charge in [0.1, 0.15) is 0 Å². The lowest BCUT2D eigenvalue weighted by atomic mass is 9.70. The molecule has 0 amide bonds. The van der Waals surface area contributed by atoms with Crippen molar-refractivity contribution in [2.75, 3.05) is 0 Å². The standard InChI is InChI=1S/C34H40O/c1-3-5-7-14-24-34(25-15-8-6-4-2)31-19-13-12-18-29(31)30-22-20-27(26-32(30)34)21-23-33(35)28-16-10-9-11-17-28/h9-13,16-23,26H,3-8,14-15,24-25H2,1-2H3/b23-21+. The number of allylic oxidation sites excluding steroid dienone is 1. The summed E-state index contributed by atoms with van der Waals surface area (Å²) in [5.74, 6) is 0.0554. The number of hydrogen-bond acceptors (Lipinski definition) is 1. The van der Waals surface area contributed by atoms with Crippen molar-refractivity contribution in [3.63, 3.8) is 0 Å². The van der Waals surface area contributed by atoms with E-state index >= 15 is 0 Å². The molecule has 1 aliphatic carbocycles. The SMILES string of the molecule is CCCCCCC1(CCCCCC)c2ccccc2-c2ccc(/C=C/C(=O)c3ccccc3)cc21. The lowest BCUT2D eigenvalue weighted by molar-refractivity contribution is 0.104. The van der Waals surface area contributed by atoms with Gasteiger partial charge in [-0.25, -0.2) is 0 Å². The van der Waals surface area contributed by atoms with Gasteiger partial charge in [0.2, 0.25) is 0 Å². The summed E-state index contributed by atoms with van der Waals surface area (Å²) < 4.78 is 0. The Balaban J connectivity index is 1.69. The van der Waals surface area contributed by atoms with Gasteiger partial charge in [-0.15, -0.1) is 0 Å². The van der Waals surface area contributed by atoms with Crippen LogP contribution >= 0.6 is 0 Å².